The third-order valence-corrected chi connectivity index (χ3v) is 13.4. The first-order valence-electron chi connectivity index (χ1n) is 18.2. The summed E-state index contributed by atoms with van der Waals surface area (Å²) in [6.45, 7) is 1.71. The largest absolute Gasteiger partial charge is 0.0622 e. The Labute approximate surface area is 351 Å². The van der Waals surface area contributed by atoms with Crippen molar-refractivity contribution in [3.63, 3.8) is 0 Å². The van der Waals surface area contributed by atoms with E-state index in [1.807, 2.05) is 73.3 Å². The fraction of sp³-hybridized carbons (Fsp3) is 0.0392. The van der Waals surface area contributed by atoms with Crippen molar-refractivity contribution < 1.29 is 22.4 Å². The number of halogens is 1. The van der Waals surface area contributed by atoms with Crippen molar-refractivity contribution in [2.45, 2.75) is 12.5 Å². The number of hydrogen-bond acceptors (Lipinski definition) is 1. The summed E-state index contributed by atoms with van der Waals surface area (Å²) < 4.78 is 0. The van der Waals surface area contributed by atoms with E-state index < -0.39 is 21.4 Å². The second-order valence-electron chi connectivity index (χ2n) is 12.5. The summed E-state index contributed by atoms with van der Waals surface area (Å²) in [7, 11) is 3.68. The van der Waals surface area contributed by atoms with E-state index in [1.165, 1.54) is 31.8 Å². The van der Waals surface area contributed by atoms with Gasteiger partial charge in [0.2, 0.25) is 0 Å². The minimum Gasteiger partial charge on any atom is -0.0622 e. The molecule has 8 rings (SSSR count). The van der Waals surface area contributed by atoms with Crippen LogP contribution in [0, 0.1) is 43.4 Å². The molecule has 1 aliphatic carbocycles. The van der Waals surface area contributed by atoms with Crippen LogP contribution >= 0.6 is 25.5 Å². The van der Waals surface area contributed by atoms with Crippen LogP contribution in [0.5, 0.6) is 0 Å². The molecule has 0 aliphatic heterocycles. The Kier molecular flexibility index (Phi) is 18.3. The summed E-state index contributed by atoms with van der Waals surface area (Å²) in [5, 5.41) is 18.6. The third kappa shape index (κ3) is 13.2. The molecule has 277 valence electrons. The molecule has 0 saturated heterocycles. The molecule has 7 aromatic carbocycles. The van der Waals surface area contributed by atoms with Gasteiger partial charge in [-0.15, -0.1) is 0 Å². The van der Waals surface area contributed by atoms with E-state index in [0.717, 1.165) is 11.5 Å². The second kappa shape index (κ2) is 23.8. The van der Waals surface area contributed by atoms with E-state index in [9.17, 15) is 5.11 Å². The molecule has 0 amide bonds. The molecule has 0 heterocycles. The number of rotatable bonds is 7. The van der Waals surface area contributed by atoms with E-state index in [-0.39, 0.29) is 0 Å². The molecule has 0 aromatic heterocycles. The van der Waals surface area contributed by atoms with Gasteiger partial charge in [-0.05, 0) is 92.4 Å². The molecular weight excluding hydrogens is 827 g/mol. The zero-order chi connectivity index (χ0) is 39.3. The second-order valence-corrected chi connectivity index (χ2v) is 17.0. The molecule has 1 atom stereocenters. The van der Waals surface area contributed by atoms with Gasteiger partial charge in [0.15, 0.2) is 0 Å². The minimum atomic E-state index is -1.08. The van der Waals surface area contributed by atoms with Crippen molar-refractivity contribution in [2.75, 3.05) is 0 Å². The summed E-state index contributed by atoms with van der Waals surface area (Å²) in [5.74, 6) is 6.69. The maximum atomic E-state index is 10.2. The smallest absolute Gasteiger partial charge is 0.0134 e. The third-order valence-electron chi connectivity index (χ3n) is 8.54. The number of benzene rings is 7. The first-order valence-corrected chi connectivity index (χ1v) is 23.1. The van der Waals surface area contributed by atoms with E-state index in [0.29, 0.717) is 0 Å². The Hall–Kier alpha value is -4.17. The van der Waals surface area contributed by atoms with Gasteiger partial charge in [-0.3, -0.25) is 0 Å². The Morgan fingerprint density at radius 3 is 0.893 bits per heavy atom. The SMILES string of the molecule is CC(O)(C#Cc1ccccc1)[C]1[CH][CH][CH][CH]1.[Cl][Ru+].c1ccc(P(c2ccccc2)c2ccccc2)cc1.c1ccc(P(c2ccccc2)c2ccccc2)cc1. The van der Waals surface area contributed by atoms with Crippen LogP contribution in [-0.2, 0) is 17.3 Å². The Balaban J connectivity index is 0.000000158. The number of aliphatic hydroxyl groups is 1. The van der Waals surface area contributed by atoms with Gasteiger partial charge in [-0.1, -0.05) is 212 Å². The van der Waals surface area contributed by atoms with E-state index >= 15 is 0 Å². The molecule has 56 heavy (non-hydrogen) atoms. The van der Waals surface area contributed by atoms with E-state index in [1.54, 1.807) is 6.92 Å². The van der Waals surface area contributed by atoms with Gasteiger partial charge in [0.25, 0.3) is 0 Å². The zero-order valence-electron chi connectivity index (χ0n) is 31.1. The molecule has 1 saturated carbocycles. The fourth-order valence-electron chi connectivity index (χ4n) is 5.84. The Morgan fingerprint density at radius 1 is 0.411 bits per heavy atom. The van der Waals surface area contributed by atoms with Crippen LogP contribution in [0.2, 0.25) is 0 Å². The molecular formula is C51H43ClOP2Ru+. The predicted molar refractivity (Wildman–Crippen MR) is 241 cm³/mol. The summed E-state index contributed by atoms with van der Waals surface area (Å²) in [4.78, 5) is 0. The van der Waals surface area contributed by atoms with Crippen LogP contribution in [0.4, 0.5) is 0 Å². The normalized spacial score (nSPS) is 13.0. The van der Waals surface area contributed by atoms with Crippen molar-refractivity contribution in [1.29, 1.82) is 0 Å². The van der Waals surface area contributed by atoms with Crippen LogP contribution in [0.1, 0.15) is 12.5 Å². The number of hydrogen-bond donors (Lipinski definition) is 1. The zero-order valence-corrected chi connectivity index (χ0v) is 35.4. The Bertz CT molecular complexity index is 1830. The molecule has 1 unspecified atom stereocenters. The van der Waals surface area contributed by atoms with Gasteiger partial charge in [-0.2, -0.15) is 0 Å². The van der Waals surface area contributed by atoms with Crippen molar-refractivity contribution >= 4 is 57.4 Å². The molecule has 1 N–H and O–H groups in total. The molecule has 1 fully saturated rings. The molecule has 7 aromatic rings. The van der Waals surface area contributed by atoms with Gasteiger partial charge >= 0.3 is 27.0 Å². The summed E-state index contributed by atoms with van der Waals surface area (Å²) in [6, 6.07) is 74.3. The minimum absolute atomic E-state index is 0.446. The van der Waals surface area contributed by atoms with Gasteiger partial charge in [0.1, 0.15) is 5.60 Å². The predicted octanol–water partition coefficient (Wildman–Crippen LogP) is 9.77. The molecule has 1 aliphatic rings. The van der Waals surface area contributed by atoms with Crippen LogP contribution in [0.25, 0.3) is 0 Å². The van der Waals surface area contributed by atoms with E-state index in [4.69, 9.17) is 0 Å². The van der Waals surface area contributed by atoms with Crippen molar-refractivity contribution in [2.24, 2.45) is 0 Å². The van der Waals surface area contributed by atoms with Gasteiger partial charge in [0, 0.05) is 11.5 Å². The van der Waals surface area contributed by atoms with Crippen LogP contribution in [0.3, 0.4) is 0 Å². The van der Waals surface area contributed by atoms with Crippen LogP contribution < -0.4 is 31.8 Å². The first kappa shape index (κ1) is 43.0. The Morgan fingerprint density at radius 2 is 0.643 bits per heavy atom. The quantitative estimate of drug-likeness (QED) is 0.0962. The molecule has 0 spiro atoms. The maximum absolute atomic E-state index is 10.2. The monoisotopic (exact) mass is 870 g/mol. The van der Waals surface area contributed by atoms with Crippen LogP contribution in [0.15, 0.2) is 212 Å². The average molecular weight is 870 g/mol. The fourth-order valence-corrected chi connectivity index (χ4v) is 10.5. The van der Waals surface area contributed by atoms with Crippen molar-refractivity contribution in [3.05, 3.63) is 249 Å². The summed E-state index contributed by atoms with van der Waals surface area (Å²) in [5.41, 5.74) is -0.173. The summed E-state index contributed by atoms with van der Waals surface area (Å²) >= 11 is 1.82. The first-order chi connectivity index (χ1) is 27.6. The van der Waals surface area contributed by atoms with Crippen molar-refractivity contribution in [1.82, 2.24) is 0 Å². The van der Waals surface area contributed by atoms with E-state index in [2.05, 4.69) is 204 Å². The molecule has 5 radical (unpaired) electrons. The van der Waals surface area contributed by atoms with Crippen molar-refractivity contribution in [3.8, 4) is 11.8 Å². The van der Waals surface area contributed by atoms with Gasteiger partial charge in [0.05, 0.1) is 0 Å². The molecule has 1 nitrogen and oxygen atoms in total. The van der Waals surface area contributed by atoms with Crippen LogP contribution in [-0.4, -0.2) is 10.7 Å². The average Bonchev–Trinajstić information content (AvgIpc) is 3.84. The molecule has 0 bridgehead atoms. The topological polar surface area (TPSA) is 20.2 Å². The summed E-state index contributed by atoms with van der Waals surface area (Å²) in [6.07, 6.45) is 7.54. The maximum Gasteiger partial charge on any atom is -0.0134 e. The van der Waals surface area contributed by atoms with Gasteiger partial charge in [-0.25, -0.2) is 0 Å². The molecule has 5 heteroatoms. The van der Waals surface area contributed by atoms with Gasteiger partial charge < -0.3 is 5.11 Å². The standard InChI is InChI=1S/2C18H15P.C15H13O.ClH.Ru/c2*1-4-10-16(11-5-1)19(17-12-6-2-7-13-17)18-14-8-3-9-15-18;1-15(16,14-9-5-6-10-14)12-11-13-7-3-2-4-8-13;;/h2*1-15H;2-10,16H,1H3;1H;/q;;;;+2/p-1.